The van der Waals surface area contributed by atoms with Crippen molar-refractivity contribution in [1.29, 1.82) is 0 Å². The van der Waals surface area contributed by atoms with E-state index >= 15 is 0 Å². The molecule has 9 aromatic rings. The van der Waals surface area contributed by atoms with E-state index in [4.69, 9.17) is 0 Å². The van der Waals surface area contributed by atoms with Crippen LogP contribution in [0.1, 0.15) is 91.6 Å². The summed E-state index contributed by atoms with van der Waals surface area (Å²) in [5, 5.41) is 7.91. The van der Waals surface area contributed by atoms with Crippen LogP contribution in [0.25, 0.3) is 67.3 Å². The minimum absolute atomic E-state index is 0.133. The summed E-state index contributed by atoms with van der Waals surface area (Å²) in [6.07, 6.45) is 7.23. The number of anilines is 3. The molecule has 64 heavy (non-hydrogen) atoms. The minimum Gasteiger partial charge on any atom is -0.311 e. The van der Waals surface area contributed by atoms with Crippen molar-refractivity contribution in [1.82, 2.24) is 0 Å². The first-order valence-electron chi connectivity index (χ1n) is 22.8. The minimum atomic E-state index is -0.133. The van der Waals surface area contributed by atoms with Crippen LogP contribution in [-0.4, -0.2) is 0 Å². The second kappa shape index (κ2) is 13.9. The molecule has 0 aromatic heterocycles. The molecule has 0 heterocycles. The van der Waals surface area contributed by atoms with Crippen LogP contribution >= 0.6 is 0 Å². The van der Waals surface area contributed by atoms with E-state index < -0.39 is 0 Å². The van der Waals surface area contributed by atoms with E-state index in [2.05, 4.69) is 247 Å². The van der Waals surface area contributed by atoms with Crippen LogP contribution in [0.2, 0.25) is 0 Å². The Labute approximate surface area is 377 Å². The fourth-order valence-corrected chi connectivity index (χ4v) is 11.9. The van der Waals surface area contributed by atoms with Gasteiger partial charge in [0.05, 0.1) is 0 Å². The number of benzene rings is 9. The second-order valence-electron chi connectivity index (χ2n) is 19.8. The van der Waals surface area contributed by atoms with E-state index in [1.165, 1.54) is 99.1 Å². The molecule has 0 bridgehead atoms. The van der Waals surface area contributed by atoms with Crippen LogP contribution in [0.15, 0.2) is 182 Å². The molecule has 0 saturated carbocycles. The summed E-state index contributed by atoms with van der Waals surface area (Å²) in [6.45, 7) is 14.3. The molecule has 12 rings (SSSR count). The van der Waals surface area contributed by atoms with Crippen LogP contribution < -0.4 is 4.90 Å². The Hall–Kier alpha value is -7.22. The maximum atomic E-state index is 2.42. The number of nitrogens with zero attached hydrogens (tertiary/aromatic N) is 1. The fourth-order valence-electron chi connectivity index (χ4n) is 11.9. The summed E-state index contributed by atoms with van der Waals surface area (Å²) in [5.41, 5.74) is 19.0. The van der Waals surface area contributed by atoms with Gasteiger partial charge in [-0.1, -0.05) is 187 Å². The summed E-state index contributed by atoms with van der Waals surface area (Å²) in [5.74, 6) is 0. The zero-order valence-electron chi connectivity index (χ0n) is 37.5. The van der Waals surface area contributed by atoms with E-state index in [9.17, 15) is 0 Å². The highest BCUT2D eigenvalue weighted by molar-refractivity contribution is 6.05. The number of allylic oxidation sites excluding steroid dienone is 3. The lowest BCUT2D eigenvalue weighted by Crippen LogP contribution is -2.17. The maximum Gasteiger partial charge on any atom is 0.0462 e. The Kier molecular flexibility index (Phi) is 8.35. The van der Waals surface area contributed by atoms with Gasteiger partial charge in [-0.05, 0) is 154 Å². The molecule has 0 atom stereocenters. The Morgan fingerprint density at radius 2 is 0.547 bits per heavy atom. The molecule has 1 heteroatoms. The maximum absolute atomic E-state index is 2.42. The molecule has 308 valence electrons. The van der Waals surface area contributed by atoms with Crippen molar-refractivity contribution >= 4 is 84.3 Å². The lowest BCUT2D eigenvalue weighted by molar-refractivity contribution is 0.711. The molecule has 0 saturated heterocycles. The van der Waals surface area contributed by atoms with E-state index in [1.54, 1.807) is 0 Å². The quantitative estimate of drug-likeness (QED) is 0.161. The smallest absolute Gasteiger partial charge is 0.0462 e. The zero-order valence-corrected chi connectivity index (χ0v) is 37.5. The monoisotopic (exact) mass is 821 g/mol. The Morgan fingerprint density at radius 3 is 0.828 bits per heavy atom. The van der Waals surface area contributed by atoms with Crippen molar-refractivity contribution in [2.45, 2.75) is 57.8 Å². The summed E-state index contributed by atoms with van der Waals surface area (Å²) in [4.78, 5) is 2.42. The molecule has 0 aliphatic heterocycles. The van der Waals surface area contributed by atoms with Gasteiger partial charge in [-0.2, -0.15) is 0 Å². The van der Waals surface area contributed by atoms with Gasteiger partial charge in [-0.25, -0.2) is 0 Å². The SMILES string of the molecule is CC1(C)C(c2ccc(N(c3ccc(C4=Cc5ccc6ccccc6c5C4(C)C)cc3)c3ccc(C4=Cc5ccc6ccccc6c5C4(C)C)cc3)cc2)=Cc2ccc3ccccc3c21. The van der Waals surface area contributed by atoms with Crippen LogP contribution in [0.4, 0.5) is 17.1 Å². The van der Waals surface area contributed by atoms with Crippen molar-refractivity contribution in [2.24, 2.45) is 0 Å². The number of hydrogen-bond acceptors (Lipinski definition) is 1. The standard InChI is InChI=1S/C63H51N/c1-61(2)55(37-46-22-19-40-13-7-10-16-52(40)58(46)61)43-25-31-49(32-26-43)64(50-33-27-44(28-34-50)56-38-47-23-20-41-14-8-11-17-53(41)59(47)62(56,3)4)51-35-29-45(30-36-51)57-39-48-24-21-42-15-9-12-18-54(42)60(48)63(57,5)6/h7-39H,1-6H3. The zero-order chi connectivity index (χ0) is 43.5. The first-order chi connectivity index (χ1) is 31.0. The third-order valence-corrected chi connectivity index (χ3v) is 15.0. The van der Waals surface area contributed by atoms with Crippen molar-refractivity contribution in [3.8, 4) is 0 Å². The van der Waals surface area contributed by atoms with Gasteiger partial charge in [0.1, 0.15) is 0 Å². The predicted octanol–water partition coefficient (Wildman–Crippen LogP) is 17.1. The first kappa shape index (κ1) is 38.5. The van der Waals surface area contributed by atoms with Gasteiger partial charge < -0.3 is 4.90 Å². The third-order valence-electron chi connectivity index (χ3n) is 15.0. The van der Waals surface area contributed by atoms with E-state index in [0.717, 1.165) is 17.1 Å². The Bertz CT molecular complexity index is 3110. The first-order valence-corrected chi connectivity index (χ1v) is 22.8. The Morgan fingerprint density at radius 1 is 0.281 bits per heavy atom. The van der Waals surface area contributed by atoms with Gasteiger partial charge in [0.2, 0.25) is 0 Å². The van der Waals surface area contributed by atoms with E-state index in [0.29, 0.717) is 0 Å². The topological polar surface area (TPSA) is 3.24 Å². The number of fused-ring (bicyclic) bond motifs is 9. The molecular formula is C63H51N. The van der Waals surface area contributed by atoms with Crippen LogP contribution in [0.5, 0.6) is 0 Å². The Balaban J connectivity index is 0.918. The van der Waals surface area contributed by atoms with Gasteiger partial charge in [0.15, 0.2) is 0 Å². The third kappa shape index (κ3) is 5.70. The molecule has 0 amide bonds. The average Bonchev–Trinajstić information content (AvgIpc) is 3.88. The van der Waals surface area contributed by atoms with Gasteiger partial charge in [0.25, 0.3) is 0 Å². The summed E-state index contributed by atoms with van der Waals surface area (Å²) in [6, 6.07) is 67.9. The van der Waals surface area contributed by atoms with Crippen molar-refractivity contribution < 1.29 is 0 Å². The lowest BCUT2D eigenvalue weighted by Gasteiger charge is -2.29. The van der Waals surface area contributed by atoms with E-state index in [-0.39, 0.29) is 16.2 Å². The average molecular weight is 822 g/mol. The van der Waals surface area contributed by atoms with Crippen molar-refractivity contribution in [3.63, 3.8) is 0 Å². The molecule has 0 fully saturated rings. The summed E-state index contributed by atoms with van der Waals surface area (Å²) < 4.78 is 0. The number of hydrogen-bond donors (Lipinski definition) is 0. The molecule has 3 aliphatic carbocycles. The normalized spacial score (nSPS) is 16.3. The molecule has 0 radical (unpaired) electrons. The number of rotatable bonds is 6. The van der Waals surface area contributed by atoms with Crippen molar-refractivity contribution in [3.05, 3.63) is 232 Å². The highest BCUT2D eigenvalue weighted by Crippen LogP contribution is 2.53. The van der Waals surface area contributed by atoms with Gasteiger partial charge >= 0.3 is 0 Å². The molecule has 0 spiro atoms. The highest BCUT2D eigenvalue weighted by atomic mass is 15.1. The van der Waals surface area contributed by atoms with Gasteiger partial charge in [-0.15, -0.1) is 0 Å². The molecule has 1 nitrogen and oxygen atoms in total. The molecule has 0 unspecified atom stereocenters. The molecule has 0 N–H and O–H groups in total. The molecule has 9 aromatic carbocycles. The largest absolute Gasteiger partial charge is 0.311 e. The van der Waals surface area contributed by atoms with Crippen LogP contribution in [0, 0.1) is 0 Å². The predicted molar refractivity (Wildman–Crippen MR) is 276 cm³/mol. The summed E-state index contributed by atoms with van der Waals surface area (Å²) in [7, 11) is 0. The van der Waals surface area contributed by atoms with Gasteiger partial charge in [0, 0.05) is 33.3 Å². The molecule has 3 aliphatic rings. The lowest BCUT2D eigenvalue weighted by atomic mass is 9.76. The van der Waals surface area contributed by atoms with Gasteiger partial charge in [-0.3, -0.25) is 0 Å². The van der Waals surface area contributed by atoms with E-state index in [1.807, 2.05) is 0 Å². The highest BCUT2D eigenvalue weighted by Gasteiger charge is 2.38. The summed E-state index contributed by atoms with van der Waals surface area (Å²) >= 11 is 0. The van der Waals surface area contributed by atoms with Crippen LogP contribution in [0.3, 0.4) is 0 Å². The molecular weight excluding hydrogens is 771 g/mol. The van der Waals surface area contributed by atoms with Crippen molar-refractivity contribution in [2.75, 3.05) is 4.90 Å². The fraction of sp³-hybridized carbons (Fsp3) is 0.143. The second-order valence-corrected chi connectivity index (χ2v) is 19.8. The van der Waals surface area contributed by atoms with Crippen LogP contribution in [-0.2, 0) is 16.2 Å².